The number of fused-ring (bicyclic) bond motifs is 1. The van der Waals surface area contributed by atoms with Crippen LogP contribution in [0, 0.1) is 13.8 Å². The van der Waals surface area contributed by atoms with E-state index in [0.29, 0.717) is 16.8 Å². The lowest BCUT2D eigenvalue weighted by molar-refractivity contribution is -0.131. The lowest BCUT2D eigenvalue weighted by Crippen LogP contribution is -2.46. The van der Waals surface area contributed by atoms with E-state index in [1.165, 1.54) is 0 Å². The van der Waals surface area contributed by atoms with Crippen molar-refractivity contribution in [2.45, 2.75) is 20.3 Å². The summed E-state index contributed by atoms with van der Waals surface area (Å²) in [5, 5.41) is 2.74. The van der Waals surface area contributed by atoms with Crippen molar-refractivity contribution in [1.82, 2.24) is 4.90 Å². The summed E-state index contributed by atoms with van der Waals surface area (Å²) in [6.07, 6.45) is 0.138. The van der Waals surface area contributed by atoms with Crippen LogP contribution in [0.5, 0.6) is 0 Å². The van der Waals surface area contributed by atoms with Crippen LogP contribution >= 0.6 is 0 Å². The van der Waals surface area contributed by atoms with Gasteiger partial charge in [0.15, 0.2) is 0 Å². The standard InChI is InChI=1S/C19H18N2O3/c1-12-7-8-15(9-13(12)2)20-17(22)11-21-18(23)10-14-5-3-4-6-16(14)19(21)24/h3-9H,10-11H2,1-2H3,(H,20,22). The summed E-state index contributed by atoms with van der Waals surface area (Å²) in [5.74, 6) is -1.16. The number of hydrogen-bond acceptors (Lipinski definition) is 3. The van der Waals surface area contributed by atoms with Gasteiger partial charge in [0.1, 0.15) is 6.54 Å². The van der Waals surface area contributed by atoms with Crippen molar-refractivity contribution >= 4 is 23.4 Å². The molecule has 0 saturated carbocycles. The summed E-state index contributed by atoms with van der Waals surface area (Å²) in [6, 6.07) is 12.6. The molecule has 2 aromatic rings. The van der Waals surface area contributed by atoms with Crippen molar-refractivity contribution in [2.75, 3.05) is 11.9 Å². The molecule has 1 heterocycles. The van der Waals surface area contributed by atoms with Crippen molar-refractivity contribution in [3.05, 3.63) is 64.7 Å². The molecule has 0 bridgehead atoms. The Morgan fingerprint density at radius 3 is 2.58 bits per heavy atom. The predicted molar refractivity (Wildman–Crippen MR) is 90.7 cm³/mol. The molecule has 0 atom stereocenters. The number of nitrogens with zero attached hydrogens (tertiary/aromatic N) is 1. The van der Waals surface area contributed by atoms with Gasteiger partial charge in [0, 0.05) is 11.3 Å². The van der Waals surface area contributed by atoms with Gasteiger partial charge in [-0.05, 0) is 48.7 Å². The summed E-state index contributed by atoms with van der Waals surface area (Å²) in [5.41, 5.74) is 4.03. The Morgan fingerprint density at radius 1 is 1.08 bits per heavy atom. The lowest BCUT2D eigenvalue weighted by Gasteiger charge is -2.26. The number of carbonyl (C=O) groups excluding carboxylic acids is 3. The molecule has 0 saturated heterocycles. The Morgan fingerprint density at radius 2 is 1.83 bits per heavy atom. The fourth-order valence-corrected chi connectivity index (χ4v) is 2.72. The zero-order chi connectivity index (χ0) is 17.3. The number of imide groups is 1. The highest BCUT2D eigenvalue weighted by Gasteiger charge is 2.31. The molecule has 2 aromatic carbocycles. The van der Waals surface area contributed by atoms with Gasteiger partial charge in [0.25, 0.3) is 5.91 Å². The van der Waals surface area contributed by atoms with E-state index in [9.17, 15) is 14.4 Å². The Kier molecular flexibility index (Phi) is 4.16. The SMILES string of the molecule is Cc1ccc(NC(=O)CN2C(=O)Cc3ccccc3C2=O)cc1C. The van der Waals surface area contributed by atoms with E-state index < -0.39 is 5.91 Å². The summed E-state index contributed by atoms with van der Waals surface area (Å²) < 4.78 is 0. The van der Waals surface area contributed by atoms with E-state index in [1.807, 2.05) is 26.0 Å². The largest absolute Gasteiger partial charge is 0.325 e. The average Bonchev–Trinajstić information content (AvgIpc) is 2.55. The number of benzene rings is 2. The predicted octanol–water partition coefficient (Wildman–Crippen LogP) is 2.47. The molecule has 0 aliphatic carbocycles. The molecule has 0 spiro atoms. The first-order chi connectivity index (χ1) is 11.5. The Bertz CT molecular complexity index is 842. The minimum Gasteiger partial charge on any atom is -0.325 e. The van der Waals surface area contributed by atoms with Gasteiger partial charge in [-0.15, -0.1) is 0 Å². The van der Waals surface area contributed by atoms with Crippen molar-refractivity contribution in [1.29, 1.82) is 0 Å². The minimum atomic E-state index is -0.419. The Labute approximate surface area is 140 Å². The van der Waals surface area contributed by atoms with Gasteiger partial charge in [0.2, 0.25) is 11.8 Å². The summed E-state index contributed by atoms with van der Waals surface area (Å²) >= 11 is 0. The van der Waals surface area contributed by atoms with Gasteiger partial charge in [-0.3, -0.25) is 19.3 Å². The Hall–Kier alpha value is -2.95. The second kappa shape index (κ2) is 6.28. The van der Waals surface area contributed by atoms with Crippen LogP contribution < -0.4 is 5.32 Å². The monoisotopic (exact) mass is 322 g/mol. The lowest BCUT2D eigenvalue weighted by atomic mass is 9.98. The highest BCUT2D eigenvalue weighted by molar-refractivity contribution is 6.12. The van der Waals surface area contributed by atoms with Crippen LogP contribution in [0.15, 0.2) is 42.5 Å². The van der Waals surface area contributed by atoms with Gasteiger partial charge in [-0.1, -0.05) is 24.3 Å². The molecule has 1 aliphatic heterocycles. The Balaban J connectivity index is 1.73. The first-order valence-electron chi connectivity index (χ1n) is 7.75. The molecule has 0 unspecified atom stereocenters. The van der Waals surface area contributed by atoms with Crippen molar-refractivity contribution in [3.63, 3.8) is 0 Å². The number of anilines is 1. The third-order valence-corrected chi connectivity index (χ3v) is 4.23. The molecule has 1 N–H and O–H groups in total. The first kappa shape index (κ1) is 15.9. The van der Waals surface area contributed by atoms with Crippen LogP contribution in [0.2, 0.25) is 0 Å². The summed E-state index contributed by atoms with van der Waals surface area (Å²) in [7, 11) is 0. The fraction of sp³-hybridized carbons (Fsp3) is 0.211. The van der Waals surface area contributed by atoms with Crippen molar-refractivity contribution in [3.8, 4) is 0 Å². The summed E-state index contributed by atoms with van der Waals surface area (Å²) in [4.78, 5) is 37.9. The molecule has 3 rings (SSSR count). The topological polar surface area (TPSA) is 66.5 Å². The quantitative estimate of drug-likeness (QED) is 0.883. The normalized spacial score (nSPS) is 13.7. The smallest absolute Gasteiger partial charge is 0.261 e. The van der Waals surface area contributed by atoms with Crippen LogP contribution in [0.1, 0.15) is 27.0 Å². The second-order valence-electron chi connectivity index (χ2n) is 5.97. The van der Waals surface area contributed by atoms with Gasteiger partial charge in [0.05, 0.1) is 6.42 Å². The number of amides is 3. The molecule has 0 fully saturated rings. The molecule has 0 radical (unpaired) electrons. The van der Waals surface area contributed by atoms with Gasteiger partial charge >= 0.3 is 0 Å². The molecule has 0 aromatic heterocycles. The number of rotatable bonds is 3. The van der Waals surface area contributed by atoms with Crippen molar-refractivity contribution in [2.24, 2.45) is 0 Å². The minimum absolute atomic E-state index is 0.138. The van der Waals surface area contributed by atoms with Gasteiger partial charge in [-0.2, -0.15) is 0 Å². The molecule has 24 heavy (non-hydrogen) atoms. The fourth-order valence-electron chi connectivity index (χ4n) is 2.72. The van der Waals surface area contributed by atoms with Gasteiger partial charge in [-0.25, -0.2) is 0 Å². The van der Waals surface area contributed by atoms with E-state index in [-0.39, 0.29) is 24.8 Å². The van der Waals surface area contributed by atoms with Crippen LogP contribution in [0.4, 0.5) is 5.69 Å². The van der Waals surface area contributed by atoms with Crippen LogP contribution in [0.3, 0.4) is 0 Å². The zero-order valence-corrected chi connectivity index (χ0v) is 13.6. The highest BCUT2D eigenvalue weighted by Crippen LogP contribution is 2.20. The number of aryl methyl sites for hydroxylation is 2. The molecule has 1 aliphatic rings. The maximum atomic E-state index is 12.4. The molecule has 5 nitrogen and oxygen atoms in total. The third-order valence-electron chi connectivity index (χ3n) is 4.23. The maximum absolute atomic E-state index is 12.4. The van der Waals surface area contributed by atoms with E-state index in [0.717, 1.165) is 16.0 Å². The maximum Gasteiger partial charge on any atom is 0.261 e. The van der Waals surface area contributed by atoms with E-state index in [1.54, 1.807) is 30.3 Å². The van der Waals surface area contributed by atoms with E-state index in [2.05, 4.69) is 5.32 Å². The molecule has 5 heteroatoms. The van der Waals surface area contributed by atoms with Crippen molar-refractivity contribution < 1.29 is 14.4 Å². The third kappa shape index (κ3) is 3.06. The van der Waals surface area contributed by atoms with Crippen LogP contribution in [0.25, 0.3) is 0 Å². The molecular formula is C19H18N2O3. The molecular weight excluding hydrogens is 304 g/mol. The first-order valence-corrected chi connectivity index (χ1v) is 7.75. The average molecular weight is 322 g/mol. The number of nitrogens with one attached hydrogen (secondary N) is 1. The number of hydrogen-bond donors (Lipinski definition) is 1. The molecule has 122 valence electrons. The molecule has 3 amide bonds. The van der Waals surface area contributed by atoms with Gasteiger partial charge < -0.3 is 5.32 Å². The number of carbonyl (C=O) groups is 3. The second-order valence-corrected chi connectivity index (χ2v) is 5.97. The van der Waals surface area contributed by atoms with Crippen LogP contribution in [-0.4, -0.2) is 29.2 Å². The summed E-state index contributed by atoms with van der Waals surface area (Å²) in [6.45, 7) is 3.67. The van der Waals surface area contributed by atoms with E-state index in [4.69, 9.17) is 0 Å². The van der Waals surface area contributed by atoms with E-state index >= 15 is 0 Å². The zero-order valence-electron chi connectivity index (χ0n) is 13.6. The van der Waals surface area contributed by atoms with Crippen LogP contribution in [-0.2, 0) is 16.0 Å². The highest BCUT2D eigenvalue weighted by atomic mass is 16.2.